The molecule has 0 saturated heterocycles. The molecule has 2 aromatic rings. The van der Waals surface area contributed by atoms with Crippen LogP contribution in [0.5, 0.6) is 0 Å². The van der Waals surface area contributed by atoms with Crippen LogP contribution in [0.3, 0.4) is 0 Å². The molecule has 5 nitrogen and oxygen atoms in total. The Balaban J connectivity index is 2.24. The average Bonchev–Trinajstić information content (AvgIpc) is 2.75. The summed E-state index contributed by atoms with van der Waals surface area (Å²) in [7, 11) is 1.90. The normalized spacial score (nSPS) is 11.7. The minimum Gasteiger partial charge on any atom is -0.364 e. The van der Waals surface area contributed by atoms with E-state index in [2.05, 4.69) is 41.2 Å². The van der Waals surface area contributed by atoms with Gasteiger partial charge >= 0.3 is 0 Å². The summed E-state index contributed by atoms with van der Waals surface area (Å²) in [5.41, 5.74) is 1.67. The molecule has 0 unspecified atom stereocenters. The molecule has 0 saturated carbocycles. The van der Waals surface area contributed by atoms with Gasteiger partial charge in [0.15, 0.2) is 0 Å². The Morgan fingerprint density at radius 1 is 1.30 bits per heavy atom. The Hall–Kier alpha value is -1.62. The lowest BCUT2D eigenvalue weighted by Crippen LogP contribution is -2.18. The predicted molar refractivity (Wildman–Crippen MR) is 81.0 cm³/mol. The molecule has 0 aliphatic heterocycles. The molecule has 0 aliphatic carbocycles. The molecule has 1 N–H and O–H groups in total. The van der Waals surface area contributed by atoms with Gasteiger partial charge in [-0.25, -0.2) is 9.97 Å². The maximum atomic E-state index is 6.20. The second kappa shape index (κ2) is 5.40. The largest absolute Gasteiger partial charge is 0.364 e. The minimum absolute atomic E-state index is 0.140. The van der Waals surface area contributed by atoms with Crippen LogP contribution in [0, 0.1) is 6.92 Å². The second-order valence-electron chi connectivity index (χ2n) is 5.90. The summed E-state index contributed by atoms with van der Waals surface area (Å²) in [6.07, 6.45) is 1.91. The van der Waals surface area contributed by atoms with E-state index in [-0.39, 0.29) is 5.41 Å². The van der Waals surface area contributed by atoms with Gasteiger partial charge in [-0.1, -0.05) is 32.4 Å². The first-order chi connectivity index (χ1) is 9.27. The molecule has 2 aromatic heterocycles. The summed E-state index contributed by atoms with van der Waals surface area (Å²) in [4.78, 5) is 8.94. The fourth-order valence-corrected chi connectivity index (χ4v) is 1.90. The van der Waals surface area contributed by atoms with Crippen molar-refractivity contribution in [1.82, 2.24) is 19.7 Å². The van der Waals surface area contributed by atoms with Crippen molar-refractivity contribution >= 4 is 17.4 Å². The van der Waals surface area contributed by atoms with Gasteiger partial charge in [0.25, 0.3) is 0 Å². The molecule has 2 heterocycles. The average molecular weight is 294 g/mol. The number of aryl methyl sites for hydroxylation is 1. The molecular weight excluding hydrogens is 274 g/mol. The molecule has 0 atom stereocenters. The third kappa shape index (κ3) is 3.28. The van der Waals surface area contributed by atoms with E-state index in [0.29, 0.717) is 11.7 Å². The smallest absolute Gasteiger partial charge is 0.137 e. The third-order valence-corrected chi connectivity index (χ3v) is 3.33. The maximum Gasteiger partial charge on any atom is 0.137 e. The topological polar surface area (TPSA) is 55.6 Å². The first kappa shape index (κ1) is 14.8. The van der Waals surface area contributed by atoms with Crippen LogP contribution >= 0.6 is 11.6 Å². The zero-order valence-corrected chi connectivity index (χ0v) is 13.3. The van der Waals surface area contributed by atoms with Crippen LogP contribution < -0.4 is 5.32 Å². The van der Waals surface area contributed by atoms with Crippen molar-refractivity contribution in [3.8, 4) is 0 Å². The van der Waals surface area contributed by atoms with Gasteiger partial charge in [0.1, 0.15) is 16.8 Å². The lowest BCUT2D eigenvalue weighted by molar-refractivity contribution is 0.545. The van der Waals surface area contributed by atoms with E-state index in [1.54, 1.807) is 4.68 Å². The Morgan fingerprint density at radius 3 is 2.55 bits per heavy atom. The lowest BCUT2D eigenvalue weighted by Gasteiger charge is -2.19. The van der Waals surface area contributed by atoms with Crippen LogP contribution in [0.2, 0.25) is 5.15 Å². The van der Waals surface area contributed by atoms with E-state index in [4.69, 9.17) is 11.6 Å². The maximum absolute atomic E-state index is 6.20. The zero-order valence-electron chi connectivity index (χ0n) is 12.5. The molecule has 0 aromatic carbocycles. The molecule has 0 amide bonds. The summed E-state index contributed by atoms with van der Waals surface area (Å²) in [5.74, 6) is 1.50. The van der Waals surface area contributed by atoms with Crippen molar-refractivity contribution in [2.24, 2.45) is 7.05 Å². The van der Waals surface area contributed by atoms with Gasteiger partial charge in [0.2, 0.25) is 0 Å². The molecule has 6 heteroatoms. The highest BCUT2D eigenvalue weighted by atomic mass is 35.5. The number of anilines is 1. The Labute approximate surface area is 124 Å². The lowest BCUT2D eigenvalue weighted by atomic mass is 9.95. The fourth-order valence-electron chi connectivity index (χ4n) is 1.73. The van der Waals surface area contributed by atoms with Gasteiger partial charge < -0.3 is 5.32 Å². The first-order valence-corrected chi connectivity index (χ1v) is 6.92. The van der Waals surface area contributed by atoms with Crippen LogP contribution in [-0.4, -0.2) is 19.7 Å². The molecule has 0 bridgehead atoms. The van der Waals surface area contributed by atoms with Gasteiger partial charge in [-0.05, 0) is 13.0 Å². The van der Waals surface area contributed by atoms with E-state index in [0.717, 1.165) is 22.9 Å². The molecule has 20 heavy (non-hydrogen) atoms. The summed E-state index contributed by atoms with van der Waals surface area (Å²) < 4.78 is 1.78. The highest BCUT2D eigenvalue weighted by molar-refractivity contribution is 6.30. The van der Waals surface area contributed by atoms with Gasteiger partial charge in [0, 0.05) is 24.2 Å². The standard InChI is InChI=1S/C14H20ClN5/c1-9-11(15)17-13(14(2,3)4)18-12(9)16-8-10-6-7-20(5)19-10/h6-7H,8H2,1-5H3,(H,16,17,18). The highest BCUT2D eigenvalue weighted by Gasteiger charge is 2.20. The number of hydrogen-bond acceptors (Lipinski definition) is 4. The Bertz CT molecular complexity index is 613. The van der Waals surface area contributed by atoms with Crippen molar-refractivity contribution < 1.29 is 0 Å². The monoisotopic (exact) mass is 293 g/mol. The van der Waals surface area contributed by atoms with Crippen LogP contribution in [0.25, 0.3) is 0 Å². The molecule has 0 spiro atoms. The van der Waals surface area contributed by atoms with E-state index in [1.165, 1.54) is 0 Å². The van der Waals surface area contributed by atoms with Crippen LogP contribution in [0.15, 0.2) is 12.3 Å². The van der Waals surface area contributed by atoms with Crippen LogP contribution in [0.1, 0.15) is 37.9 Å². The SMILES string of the molecule is Cc1c(Cl)nc(C(C)(C)C)nc1NCc1ccn(C)n1. The number of halogens is 1. The van der Waals surface area contributed by atoms with Crippen molar-refractivity contribution in [2.75, 3.05) is 5.32 Å². The van der Waals surface area contributed by atoms with E-state index in [9.17, 15) is 0 Å². The molecule has 0 fully saturated rings. The van der Waals surface area contributed by atoms with E-state index < -0.39 is 0 Å². The van der Waals surface area contributed by atoms with E-state index >= 15 is 0 Å². The first-order valence-electron chi connectivity index (χ1n) is 6.54. The number of nitrogens with one attached hydrogen (secondary N) is 1. The molecule has 0 radical (unpaired) electrons. The summed E-state index contributed by atoms with van der Waals surface area (Å²) in [6.45, 7) is 8.72. The fraction of sp³-hybridized carbons (Fsp3) is 0.500. The van der Waals surface area contributed by atoms with Crippen molar-refractivity contribution in [1.29, 1.82) is 0 Å². The number of rotatable bonds is 3. The molecule has 108 valence electrons. The second-order valence-corrected chi connectivity index (χ2v) is 6.25. The number of nitrogens with zero attached hydrogens (tertiary/aromatic N) is 4. The highest BCUT2D eigenvalue weighted by Crippen LogP contribution is 2.26. The van der Waals surface area contributed by atoms with Gasteiger partial charge in [-0.15, -0.1) is 0 Å². The summed E-state index contributed by atoms with van der Waals surface area (Å²) >= 11 is 6.20. The Kier molecular flexibility index (Phi) is 3.99. The summed E-state index contributed by atoms with van der Waals surface area (Å²) in [6, 6.07) is 1.97. The van der Waals surface area contributed by atoms with Crippen LogP contribution in [-0.2, 0) is 19.0 Å². The Morgan fingerprint density at radius 2 is 2.00 bits per heavy atom. The predicted octanol–water partition coefficient (Wildman–Crippen LogP) is 3.08. The summed E-state index contributed by atoms with van der Waals surface area (Å²) in [5, 5.41) is 8.11. The van der Waals surface area contributed by atoms with Gasteiger partial charge in [-0.2, -0.15) is 5.10 Å². The quantitative estimate of drug-likeness (QED) is 0.884. The van der Waals surface area contributed by atoms with Crippen molar-refractivity contribution in [3.63, 3.8) is 0 Å². The van der Waals surface area contributed by atoms with Crippen LogP contribution in [0.4, 0.5) is 5.82 Å². The van der Waals surface area contributed by atoms with E-state index in [1.807, 2.05) is 26.2 Å². The number of aromatic nitrogens is 4. The minimum atomic E-state index is -0.140. The van der Waals surface area contributed by atoms with Gasteiger partial charge in [0.05, 0.1) is 12.2 Å². The van der Waals surface area contributed by atoms with Gasteiger partial charge in [-0.3, -0.25) is 4.68 Å². The molecule has 2 rings (SSSR count). The third-order valence-electron chi connectivity index (χ3n) is 2.96. The zero-order chi connectivity index (χ0) is 14.9. The van der Waals surface area contributed by atoms with Crippen molar-refractivity contribution in [2.45, 2.75) is 39.7 Å². The number of hydrogen-bond donors (Lipinski definition) is 1. The molecule has 0 aliphatic rings. The van der Waals surface area contributed by atoms with Crippen molar-refractivity contribution in [3.05, 3.63) is 34.5 Å². The molecular formula is C14H20ClN5.